The zero-order chi connectivity index (χ0) is 18.2. The predicted molar refractivity (Wildman–Crippen MR) is 93.4 cm³/mol. The molecule has 2 aromatic rings. The van der Waals surface area contributed by atoms with Crippen molar-refractivity contribution in [3.63, 3.8) is 0 Å². The van der Waals surface area contributed by atoms with Gasteiger partial charge in [-0.1, -0.05) is 18.2 Å². The Balaban J connectivity index is 2.13. The number of rotatable bonds is 8. The standard InChI is InChI=1S/C17H19N3O5/c1-3-25-16-9-12(8-14(17(16)21)20(22)23)10-18-19-11-13-6-4-5-7-15(13)24-2/h4-10,19,21H,3,11H2,1-2H3/b18-10-. The molecule has 25 heavy (non-hydrogen) atoms. The molecule has 0 aliphatic rings. The summed E-state index contributed by atoms with van der Waals surface area (Å²) in [5.74, 6) is 0.290. The van der Waals surface area contributed by atoms with Gasteiger partial charge in [0.15, 0.2) is 5.75 Å². The second-order valence-corrected chi connectivity index (χ2v) is 4.98. The third-order valence-electron chi connectivity index (χ3n) is 3.34. The van der Waals surface area contributed by atoms with Crippen LogP contribution in [0.2, 0.25) is 0 Å². The number of hydrazone groups is 1. The lowest BCUT2D eigenvalue weighted by atomic mass is 10.2. The van der Waals surface area contributed by atoms with Crippen molar-refractivity contribution in [2.45, 2.75) is 13.5 Å². The van der Waals surface area contributed by atoms with Gasteiger partial charge in [0, 0.05) is 17.2 Å². The molecule has 0 spiro atoms. The quantitative estimate of drug-likeness (QED) is 0.433. The van der Waals surface area contributed by atoms with Gasteiger partial charge in [0.05, 0.1) is 31.4 Å². The van der Waals surface area contributed by atoms with Crippen molar-refractivity contribution in [3.8, 4) is 17.2 Å². The number of nitrogens with zero attached hydrogens (tertiary/aromatic N) is 2. The molecule has 0 aliphatic carbocycles. The molecule has 0 saturated carbocycles. The summed E-state index contributed by atoms with van der Waals surface area (Å²) >= 11 is 0. The van der Waals surface area contributed by atoms with Gasteiger partial charge in [-0.2, -0.15) is 5.10 Å². The summed E-state index contributed by atoms with van der Waals surface area (Å²) in [5.41, 5.74) is 3.78. The zero-order valence-electron chi connectivity index (χ0n) is 13.9. The summed E-state index contributed by atoms with van der Waals surface area (Å²) in [6.07, 6.45) is 1.42. The predicted octanol–water partition coefficient (Wildman–Crippen LogP) is 2.83. The second-order valence-electron chi connectivity index (χ2n) is 4.98. The van der Waals surface area contributed by atoms with Crippen LogP contribution in [0.4, 0.5) is 5.69 Å². The first-order chi connectivity index (χ1) is 12.1. The van der Waals surface area contributed by atoms with Crippen LogP contribution in [0.3, 0.4) is 0 Å². The van der Waals surface area contributed by atoms with E-state index in [2.05, 4.69) is 10.5 Å². The van der Waals surface area contributed by atoms with Gasteiger partial charge in [0.1, 0.15) is 5.75 Å². The van der Waals surface area contributed by atoms with Gasteiger partial charge in [-0.15, -0.1) is 0 Å². The number of aromatic hydroxyl groups is 1. The summed E-state index contributed by atoms with van der Waals surface area (Å²) in [6, 6.07) is 10.2. The topological polar surface area (TPSA) is 106 Å². The van der Waals surface area contributed by atoms with E-state index in [1.165, 1.54) is 18.3 Å². The Kier molecular flexibility index (Phi) is 6.16. The van der Waals surface area contributed by atoms with Crippen LogP contribution in [0.25, 0.3) is 0 Å². The summed E-state index contributed by atoms with van der Waals surface area (Å²) in [7, 11) is 1.59. The average molecular weight is 345 g/mol. The molecule has 0 radical (unpaired) electrons. The maximum atomic E-state index is 11.0. The number of phenols is 1. The number of nitrogens with one attached hydrogen (secondary N) is 1. The van der Waals surface area contributed by atoms with Gasteiger partial charge in [0.25, 0.3) is 0 Å². The molecule has 0 aromatic heterocycles. The lowest BCUT2D eigenvalue weighted by Crippen LogP contribution is -2.07. The minimum atomic E-state index is -0.669. The van der Waals surface area contributed by atoms with E-state index in [0.717, 1.165) is 11.3 Å². The first-order valence-electron chi connectivity index (χ1n) is 7.58. The number of hydrogen-bond donors (Lipinski definition) is 2. The number of benzene rings is 2. The molecule has 0 atom stereocenters. The number of para-hydroxylation sites is 1. The molecule has 8 nitrogen and oxygen atoms in total. The largest absolute Gasteiger partial charge is 0.500 e. The molecule has 0 heterocycles. The molecule has 0 unspecified atom stereocenters. The Bertz CT molecular complexity index is 777. The second kappa shape index (κ2) is 8.53. The first-order valence-corrected chi connectivity index (χ1v) is 7.58. The van der Waals surface area contributed by atoms with Crippen LogP contribution in [0, 0.1) is 10.1 Å². The molecule has 2 rings (SSSR count). The third kappa shape index (κ3) is 4.60. The highest BCUT2D eigenvalue weighted by Crippen LogP contribution is 2.36. The van der Waals surface area contributed by atoms with E-state index < -0.39 is 16.4 Å². The molecule has 132 valence electrons. The maximum absolute atomic E-state index is 11.0. The van der Waals surface area contributed by atoms with Crippen molar-refractivity contribution in [2.75, 3.05) is 13.7 Å². The van der Waals surface area contributed by atoms with E-state index >= 15 is 0 Å². The van der Waals surface area contributed by atoms with Crippen LogP contribution in [0.5, 0.6) is 17.2 Å². The average Bonchev–Trinajstić information content (AvgIpc) is 2.61. The molecule has 0 saturated heterocycles. The van der Waals surface area contributed by atoms with E-state index in [9.17, 15) is 15.2 Å². The number of phenolic OH excluding ortho intramolecular Hbond substituents is 1. The van der Waals surface area contributed by atoms with Gasteiger partial charge < -0.3 is 20.0 Å². The monoisotopic (exact) mass is 345 g/mol. The van der Waals surface area contributed by atoms with E-state index in [0.29, 0.717) is 12.1 Å². The van der Waals surface area contributed by atoms with Gasteiger partial charge in [-0.05, 0) is 19.1 Å². The molecule has 0 aliphatic heterocycles. The Morgan fingerprint density at radius 1 is 1.32 bits per heavy atom. The summed E-state index contributed by atoms with van der Waals surface area (Å²) < 4.78 is 10.5. The highest BCUT2D eigenvalue weighted by atomic mass is 16.6. The lowest BCUT2D eigenvalue weighted by molar-refractivity contribution is -0.386. The van der Waals surface area contributed by atoms with Crippen LogP contribution in [-0.2, 0) is 6.54 Å². The number of methoxy groups -OCH3 is 1. The highest BCUT2D eigenvalue weighted by Gasteiger charge is 2.19. The molecule has 2 aromatic carbocycles. The SMILES string of the molecule is CCOc1cc(/C=N\NCc2ccccc2OC)cc([N+](=O)[O-])c1O. The number of ether oxygens (including phenoxy) is 2. The molecular formula is C17H19N3O5. The molecule has 0 bridgehead atoms. The fraction of sp³-hybridized carbons (Fsp3) is 0.235. The van der Waals surface area contributed by atoms with Crippen molar-refractivity contribution in [2.24, 2.45) is 5.10 Å². The fourth-order valence-corrected chi connectivity index (χ4v) is 2.19. The van der Waals surface area contributed by atoms with Crippen molar-refractivity contribution >= 4 is 11.9 Å². The fourth-order valence-electron chi connectivity index (χ4n) is 2.19. The van der Waals surface area contributed by atoms with Gasteiger partial charge in [-0.25, -0.2) is 0 Å². The molecule has 8 heteroatoms. The Morgan fingerprint density at radius 3 is 2.76 bits per heavy atom. The van der Waals surface area contributed by atoms with Crippen LogP contribution in [0.1, 0.15) is 18.1 Å². The van der Waals surface area contributed by atoms with E-state index in [1.807, 2.05) is 24.3 Å². The van der Waals surface area contributed by atoms with Crippen LogP contribution in [-0.4, -0.2) is 30.0 Å². The van der Waals surface area contributed by atoms with Crippen molar-refractivity contribution in [1.82, 2.24) is 5.43 Å². The van der Waals surface area contributed by atoms with Crippen LogP contribution in [0.15, 0.2) is 41.5 Å². The Labute approximate surface area is 144 Å². The Hall–Kier alpha value is -3.29. The van der Waals surface area contributed by atoms with Crippen LogP contribution < -0.4 is 14.9 Å². The third-order valence-corrected chi connectivity index (χ3v) is 3.34. The highest BCUT2D eigenvalue weighted by molar-refractivity contribution is 5.83. The lowest BCUT2D eigenvalue weighted by Gasteiger charge is -2.08. The normalized spacial score (nSPS) is 10.6. The molecule has 0 amide bonds. The molecule has 2 N–H and O–H groups in total. The van der Waals surface area contributed by atoms with Crippen molar-refractivity contribution in [3.05, 3.63) is 57.6 Å². The summed E-state index contributed by atoms with van der Waals surface area (Å²) in [6.45, 7) is 2.43. The van der Waals surface area contributed by atoms with E-state index in [1.54, 1.807) is 14.0 Å². The van der Waals surface area contributed by atoms with Crippen molar-refractivity contribution in [1.29, 1.82) is 0 Å². The molecular weight excluding hydrogens is 326 g/mol. The van der Waals surface area contributed by atoms with Gasteiger partial charge in [0.2, 0.25) is 5.75 Å². The van der Waals surface area contributed by atoms with Gasteiger partial charge in [-0.3, -0.25) is 10.1 Å². The zero-order valence-corrected chi connectivity index (χ0v) is 13.9. The number of hydrogen-bond acceptors (Lipinski definition) is 7. The smallest absolute Gasteiger partial charge is 0.315 e. The van der Waals surface area contributed by atoms with Crippen molar-refractivity contribution < 1.29 is 19.5 Å². The van der Waals surface area contributed by atoms with Crippen LogP contribution >= 0.6 is 0 Å². The molecule has 0 fully saturated rings. The summed E-state index contributed by atoms with van der Waals surface area (Å²) in [5, 5.41) is 24.9. The van der Waals surface area contributed by atoms with Gasteiger partial charge >= 0.3 is 5.69 Å². The first kappa shape index (κ1) is 18.1. The number of nitro groups is 1. The summed E-state index contributed by atoms with van der Waals surface area (Å²) in [4.78, 5) is 10.4. The number of nitro benzene ring substituents is 1. The minimum Gasteiger partial charge on any atom is -0.500 e. The van der Waals surface area contributed by atoms with E-state index in [-0.39, 0.29) is 12.4 Å². The van der Waals surface area contributed by atoms with E-state index in [4.69, 9.17) is 9.47 Å². The Morgan fingerprint density at radius 2 is 2.08 bits per heavy atom. The minimum absolute atomic E-state index is 0.0443. The maximum Gasteiger partial charge on any atom is 0.315 e.